The van der Waals surface area contributed by atoms with Gasteiger partial charge in [0.25, 0.3) is 0 Å². The third-order valence-electron chi connectivity index (χ3n) is 5.28. The quantitative estimate of drug-likeness (QED) is 0.836. The largest absolute Gasteiger partial charge is 0.393 e. The standard InChI is InChI=1S/C18H35NO2/c1-17(2,3)13-10-12(8-9-15(20)19-7)11-14(16(13)21)18(4,5)6/h12-14,16,21H,8-11H2,1-7H3,(H,19,20). The predicted octanol–water partition coefficient (Wildman–Crippen LogP) is 3.61. The SMILES string of the molecule is CNC(=O)CCC1CC(C(C)(C)C)C(O)C(C(C)(C)C)C1. The number of aliphatic hydroxyl groups is 1. The van der Waals surface area contributed by atoms with Crippen molar-refractivity contribution in [3.63, 3.8) is 0 Å². The van der Waals surface area contributed by atoms with Crippen LogP contribution < -0.4 is 5.32 Å². The van der Waals surface area contributed by atoms with Crippen molar-refractivity contribution in [3.8, 4) is 0 Å². The average molecular weight is 297 g/mol. The lowest BCUT2D eigenvalue weighted by Crippen LogP contribution is -2.47. The molecular weight excluding hydrogens is 262 g/mol. The van der Waals surface area contributed by atoms with Crippen molar-refractivity contribution in [1.82, 2.24) is 5.32 Å². The number of aliphatic hydroxyl groups excluding tert-OH is 1. The fourth-order valence-electron chi connectivity index (χ4n) is 3.80. The number of amides is 1. The zero-order valence-corrected chi connectivity index (χ0v) is 15.0. The van der Waals surface area contributed by atoms with Crippen LogP contribution in [-0.4, -0.2) is 24.2 Å². The van der Waals surface area contributed by atoms with E-state index < -0.39 is 0 Å². The lowest BCUT2D eigenvalue weighted by molar-refractivity contribution is -0.121. The van der Waals surface area contributed by atoms with E-state index in [1.807, 2.05) is 0 Å². The van der Waals surface area contributed by atoms with Gasteiger partial charge in [-0.3, -0.25) is 4.79 Å². The van der Waals surface area contributed by atoms with Crippen molar-refractivity contribution in [2.75, 3.05) is 7.05 Å². The molecule has 1 aliphatic carbocycles. The molecule has 1 saturated carbocycles. The second-order valence-electron chi connectivity index (χ2n) is 8.98. The Labute approximate surface area is 130 Å². The molecule has 2 unspecified atom stereocenters. The highest BCUT2D eigenvalue weighted by Gasteiger charge is 2.45. The van der Waals surface area contributed by atoms with E-state index in [9.17, 15) is 9.90 Å². The van der Waals surface area contributed by atoms with Crippen LogP contribution >= 0.6 is 0 Å². The molecule has 0 aromatic heterocycles. The molecule has 3 nitrogen and oxygen atoms in total. The highest BCUT2D eigenvalue weighted by molar-refractivity contribution is 5.75. The first-order valence-electron chi connectivity index (χ1n) is 8.35. The summed E-state index contributed by atoms with van der Waals surface area (Å²) in [5, 5.41) is 13.6. The molecule has 2 atom stereocenters. The van der Waals surface area contributed by atoms with Crippen molar-refractivity contribution in [1.29, 1.82) is 0 Å². The topological polar surface area (TPSA) is 49.3 Å². The van der Waals surface area contributed by atoms with Gasteiger partial charge in [0.2, 0.25) is 5.91 Å². The average Bonchev–Trinajstić information content (AvgIpc) is 2.34. The molecule has 0 spiro atoms. The third kappa shape index (κ3) is 4.98. The van der Waals surface area contributed by atoms with Gasteiger partial charge in [-0.2, -0.15) is 0 Å². The minimum atomic E-state index is -0.235. The van der Waals surface area contributed by atoms with E-state index in [2.05, 4.69) is 46.9 Å². The van der Waals surface area contributed by atoms with Gasteiger partial charge >= 0.3 is 0 Å². The maximum atomic E-state index is 11.5. The first-order chi connectivity index (χ1) is 9.46. The zero-order valence-electron chi connectivity index (χ0n) is 15.0. The van der Waals surface area contributed by atoms with Crippen molar-refractivity contribution in [2.45, 2.75) is 73.3 Å². The van der Waals surface area contributed by atoms with Crippen LogP contribution in [0.4, 0.5) is 0 Å². The van der Waals surface area contributed by atoms with Gasteiger partial charge in [0, 0.05) is 13.5 Å². The highest BCUT2D eigenvalue weighted by Crippen LogP contribution is 2.49. The normalized spacial score (nSPS) is 31.0. The molecule has 1 amide bonds. The van der Waals surface area contributed by atoms with Crippen LogP contribution in [0, 0.1) is 28.6 Å². The molecule has 0 radical (unpaired) electrons. The fourth-order valence-corrected chi connectivity index (χ4v) is 3.80. The molecule has 124 valence electrons. The molecule has 21 heavy (non-hydrogen) atoms. The Morgan fingerprint density at radius 2 is 1.48 bits per heavy atom. The molecular formula is C18H35NO2. The molecule has 1 aliphatic rings. The van der Waals surface area contributed by atoms with Gasteiger partial charge in [-0.05, 0) is 47.8 Å². The Balaban J connectivity index is 2.86. The summed E-state index contributed by atoms with van der Waals surface area (Å²) in [5.41, 5.74) is 0.212. The zero-order chi connectivity index (χ0) is 16.4. The minimum absolute atomic E-state index is 0.106. The molecule has 0 bridgehead atoms. The molecule has 0 saturated heterocycles. The number of hydrogen-bond acceptors (Lipinski definition) is 2. The Kier molecular flexibility index (Phi) is 5.88. The summed E-state index contributed by atoms with van der Waals surface area (Å²) in [4.78, 5) is 11.5. The van der Waals surface area contributed by atoms with Gasteiger partial charge in [0.05, 0.1) is 6.10 Å². The van der Waals surface area contributed by atoms with Gasteiger partial charge in [-0.1, -0.05) is 41.5 Å². The van der Waals surface area contributed by atoms with E-state index >= 15 is 0 Å². The summed E-state index contributed by atoms with van der Waals surface area (Å²) in [6.07, 6.45) is 3.38. The van der Waals surface area contributed by atoms with Crippen LogP contribution in [-0.2, 0) is 4.79 Å². The van der Waals surface area contributed by atoms with Crippen LogP contribution in [0.1, 0.15) is 67.2 Å². The summed E-state index contributed by atoms with van der Waals surface area (Å²) in [5.74, 6) is 1.29. The molecule has 1 rings (SSSR count). The maximum absolute atomic E-state index is 11.5. The molecule has 3 heteroatoms. The molecule has 0 heterocycles. The minimum Gasteiger partial charge on any atom is -0.393 e. The lowest BCUT2D eigenvalue weighted by atomic mass is 9.58. The van der Waals surface area contributed by atoms with Crippen molar-refractivity contribution in [3.05, 3.63) is 0 Å². The summed E-state index contributed by atoms with van der Waals surface area (Å²) >= 11 is 0. The molecule has 0 aromatic carbocycles. The van der Waals surface area contributed by atoms with Gasteiger partial charge in [-0.25, -0.2) is 0 Å². The summed E-state index contributed by atoms with van der Waals surface area (Å²) in [6, 6.07) is 0. The predicted molar refractivity (Wildman–Crippen MR) is 87.9 cm³/mol. The third-order valence-corrected chi connectivity index (χ3v) is 5.28. The molecule has 1 fully saturated rings. The number of carbonyl (C=O) groups excluding carboxylic acids is 1. The van der Waals surface area contributed by atoms with Crippen LogP contribution in [0.5, 0.6) is 0 Å². The number of rotatable bonds is 3. The Hall–Kier alpha value is -0.570. The van der Waals surface area contributed by atoms with Gasteiger partial charge in [0.15, 0.2) is 0 Å². The van der Waals surface area contributed by atoms with Crippen molar-refractivity contribution in [2.24, 2.45) is 28.6 Å². The van der Waals surface area contributed by atoms with E-state index in [0.717, 1.165) is 19.3 Å². The van der Waals surface area contributed by atoms with Gasteiger partial charge in [-0.15, -0.1) is 0 Å². The van der Waals surface area contributed by atoms with Crippen LogP contribution in [0.25, 0.3) is 0 Å². The first kappa shape index (κ1) is 18.5. The lowest BCUT2D eigenvalue weighted by Gasteiger charge is -2.49. The summed E-state index contributed by atoms with van der Waals surface area (Å²) in [7, 11) is 1.70. The van der Waals surface area contributed by atoms with E-state index in [1.54, 1.807) is 7.05 Å². The van der Waals surface area contributed by atoms with E-state index in [1.165, 1.54) is 0 Å². The monoisotopic (exact) mass is 297 g/mol. The van der Waals surface area contributed by atoms with Crippen LogP contribution in [0.2, 0.25) is 0 Å². The second-order valence-corrected chi connectivity index (χ2v) is 8.98. The molecule has 2 N–H and O–H groups in total. The Morgan fingerprint density at radius 1 is 1.05 bits per heavy atom. The highest BCUT2D eigenvalue weighted by atomic mass is 16.3. The summed E-state index contributed by atoms with van der Waals surface area (Å²) in [6.45, 7) is 13.3. The van der Waals surface area contributed by atoms with Crippen molar-refractivity contribution >= 4 is 5.91 Å². The van der Waals surface area contributed by atoms with Gasteiger partial charge < -0.3 is 10.4 Å². The Bertz CT molecular complexity index is 327. The molecule has 0 aliphatic heterocycles. The van der Waals surface area contributed by atoms with E-state index in [0.29, 0.717) is 24.2 Å². The molecule has 0 aromatic rings. The Morgan fingerprint density at radius 3 is 1.81 bits per heavy atom. The van der Waals surface area contributed by atoms with E-state index in [-0.39, 0.29) is 22.8 Å². The first-order valence-corrected chi connectivity index (χ1v) is 8.35. The summed E-state index contributed by atoms with van der Waals surface area (Å²) < 4.78 is 0. The van der Waals surface area contributed by atoms with Crippen molar-refractivity contribution < 1.29 is 9.90 Å². The maximum Gasteiger partial charge on any atom is 0.219 e. The smallest absolute Gasteiger partial charge is 0.219 e. The number of nitrogens with one attached hydrogen (secondary N) is 1. The fraction of sp³-hybridized carbons (Fsp3) is 0.944. The van der Waals surface area contributed by atoms with Crippen LogP contribution in [0.3, 0.4) is 0 Å². The van der Waals surface area contributed by atoms with Gasteiger partial charge in [0.1, 0.15) is 0 Å². The van der Waals surface area contributed by atoms with Crippen LogP contribution in [0.15, 0.2) is 0 Å². The number of carbonyl (C=O) groups is 1. The van der Waals surface area contributed by atoms with E-state index in [4.69, 9.17) is 0 Å². The number of hydrogen-bond donors (Lipinski definition) is 2. The second kappa shape index (κ2) is 6.68.